The molecule has 4 nitrogen and oxygen atoms in total. The van der Waals surface area contributed by atoms with Crippen LogP contribution in [-0.4, -0.2) is 42.3 Å². The average molecular weight is 436 g/mol. The summed E-state index contributed by atoms with van der Waals surface area (Å²) in [5.41, 5.74) is 3.62. The summed E-state index contributed by atoms with van der Waals surface area (Å²) in [6, 6.07) is 33.6. The number of hydrazone groups is 1. The lowest BCUT2D eigenvalue weighted by Gasteiger charge is -2.33. The van der Waals surface area contributed by atoms with Crippen molar-refractivity contribution in [2.45, 2.75) is 13.2 Å². The van der Waals surface area contributed by atoms with E-state index in [1.165, 1.54) is 16.3 Å². The Bertz CT molecular complexity index is 1210. The molecule has 4 aromatic carbocycles. The quantitative estimate of drug-likeness (QED) is 0.355. The van der Waals surface area contributed by atoms with E-state index in [0.29, 0.717) is 6.61 Å². The molecule has 0 bridgehead atoms. The van der Waals surface area contributed by atoms with Crippen LogP contribution in [0, 0.1) is 0 Å². The number of hydrogen-bond acceptors (Lipinski definition) is 4. The van der Waals surface area contributed by atoms with Gasteiger partial charge < -0.3 is 4.74 Å². The average Bonchev–Trinajstić information content (AvgIpc) is 2.88. The van der Waals surface area contributed by atoms with E-state index >= 15 is 0 Å². The highest BCUT2D eigenvalue weighted by Gasteiger charge is 2.16. The summed E-state index contributed by atoms with van der Waals surface area (Å²) < 4.78 is 5.94. The molecule has 0 radical (unpaired) electrons. The molecule has 0 amide bonds. The van der Waals surface area contributed by atoms with Crippen molar-refractivity contribution in [1.82, 2.24) is 9.91 Å². The maximum Gasteiger partial charge on any atom is 0.120 e. The number of benzene rings is 4. The summed E-state index contributed by atoms with van der Waals surface area (Å²) in [6.07, 6.45) is 1.94. The second-order valence-electron chi connectivity index (χ2n) is 8.46. The number of fused-ring (bicyclic) bond motifs is 1. The molecular weight excluding hydrogens is 406 g/mol. The monoisotopic (exact) mass is 435 g/mol. The van der Waals surface area contributed by atoms with Gasteiger partial charge in [0.2, 0.25) is 0 Å². The summed E-state index contributed by atoms with van der Waals surface area (Å²) in [4.78, 5) is 2.52. The molecule has 0 spiro atoms. The second-order valence-corrected chi connectivity index (χ2v) is 8.46. The molecule has 1 saturated heterocycles. The summed E-state index contributed by atoms with van der Waals surface area (Å²) >= 11 is 0. The Morgan fingerprint density at radius 2 is 1.52 bits per heavy atom. The van der Waals surface area contributed by atoms with Crippen molar-refractivity contribution in [3.05, 3.63) is 114 Å². The summed E-state index contributed by atoms with van der Waals surface area (Å²) in [5, 5.41) is 9.56. The Kier molecular flexibility index (Phi) is 6.64. The molecular formula is C29H29N3O. The number of ether oxygens (including phenoxy) is 1. The number of hydrogen-bond donors (Lipinski definition) is 0. The van der Waals surface area contributed by atoms with Crippen LogP contribution in [-0.2, 0) is 13.2 Å². The largest absolute Gasteiger partial charge is 0.489 e. The Labute approximate surface area is 195 Å². The molecule has 1 aliphatic rings. The first-order valence-corrected chi connectivity index (χ1v) is 11.6. The standard InChI is InChI=1S/C29H29N3O/c1-2-8-24(9-3-1)23-33-28-14-6-10-25(20-28)21-30-32-18-16-31(17-19-32)22-27-13-7-12-26-11-4-5-15-29(26)27/h1-15,20-21H,16-19,22-23H2. The highest BCUT2D eigenvalue weighted by molar-refractivity contribution is 5.85. The fraction of sp³-hybridized carbons (Fsp3) is 0.207. The van der Waals surface area contributed by atoms with Gasteiger partial charge >= 0.3 is 0 Å². The number of nitrogens with zero attached hydrogens (tertiary/aromatic N) is 3. The van der Waals surface area contributed by atoms with Crippen LogP contribution in [0.5, 0.6) is 5.75 Å². The van der Waals surface area contributed by atoms with Crippen molar-refractivity contribution in [2.24, 2.45) is 5.10 Å². The molecule has 1 heterocycles. The van der Waals surface area contributed by atoms with E-state index in [1.54, 1.807) is 0 Å². The van der Waals surface area contributed by atoms with Gasteiger partial charge in [-0.15, -0.1) is 0 Å². The van der Waals surface area contributed by atoms with E-state index in [2.05, 4.69) is 70.6 Å². The van der Waals surface area contributed by atoms with Gasteiger partial charge in [0.1, 0.15) is 12.4 Å². The van der Waals surface area contributed by atoms with Crippen LogP contribution >= 0.6 is 0 Å². The van der Waals surface area contributed by atoms with Gasteiger partial charge in [-0.2, -0.15) is 5.10 Å². The molecule has 0 saturated carbocycles. The van der Waals surface area contributed by atoms with E-state index < -0.39 is 0 Å². The summed E-state index contributed by atoms with van der Waals surface area (Å²) in [7, 11) is 0. The van der Waals surface area contributed by atoms with Crippen LogP contribution in [0.4, 0.5) is 0 Å². The second kappa shape index (κ2) is 10.3. The minimum atomic E-state index is 0.570. The molecule has 0 atom stereocenters. The summed E-state index contributed by atoms with van der Waals surface area (Å²) in [6.45, 7) is 5.46. The van der Waals surface area contributed by atoms with Gasteiger partial charge in [-0.1, -0.05) is 84.9 Å². The molecule has 4 heteroatoms. The fourth-order valence-electron chi connectivity index (χ4n) is 4.26. The zero-order chi connectivity index (χ0) is 22.3. The van der Waals surface area contributed by atoms with Crippen molar-refractivity contribution in [1.29, 1.82) is 0 Å². The molecule has 0 N–H and O–H groups in total. The third kappa shape index (κ3) is 5.60. The van der Waals surface area contributed by atoms with Gasteiger partial charge in [0.15, 0.2) is 0 Å². The van der Waals surface area contributed by atoms with Crippen molar-refractivity contribution in [3.63, 3.8) is 0 Å². The Morgan fingerprint density at radius 3 is 2.39 bits per heavy atom. The lowest BCUT2D eigenvalue weighted by atomic mass is 10.0. The van der Waals surface area contributed by atoms with Crippen LogP contribution in [0.3, 0.4) is 0 Å². The summed E-state index contributed by atoms with van der Waals surface area (Å²) in [5.74, 6) is 0.864. The maximum atomic E-state index is 5.94. The van der Waals surface area contributed by atoms with Crippen molar-refractivity contribution in [2.75, 3.05) is 26.2 Å². The van der Waals surface area contributed by atoms with Crippen LogP contribution in [0.15, 0.2) is 102 Å². The van der Waals surface area contributed by atoms with E-state index in [-0.39, 0.29) is 0 Å². The smallest absolute Gasteiger partial charge is 0.120 e. The molecule has 166 valence electrons. The molecule has 4 aromatic rings. The van der Waals surface area contributed by atoms with Crippen molar-refractivity contribution >= 4 is 17.0 Å². The van der Waals surface area contributed by atoms with E-state index in [1.807, 2.05) is 42.6 Å². The topological polar surface area (TPSA) is 28.1 Å². The highest BCUT2D eigenvalue weighted by Crippen LogP contribution is 2.21. The molecule has 33 heavy (non-hydrogen) atoms. The lowest BCUT2D eigenvalue weighted by molar-refractivity contribution is 0.131. The first kappa shape index (κ1) is 21.2. The van der Waals surface area contributed by atoms with Gasteiger partial charge in [-0.05, 0) is 39.6 Å². The van der Waals surface area contributed by atoms with Gasteiger partial charge in [0, 0.05) is 32.7 Å². The number of piperazine rings is 1. The molecule has 5 rings (SSSR count). The van der Waals surface area contributed by atoms with E-state index in [0.717, 1.165) is 49.6 Å². The zero-order valence-electron chi connectivity index (χ0n) is 18.8. The highest BCUT2D eigenvalue weighted by atomic mass is 16.5. The van der Waals surface area contributed by atoms with Crippen LogP contribution in [0.25, 0.3) is 10.8 Å². The SMILES string of the molecule is C(=NN1CCN(Cc2cccc3ccccc23)CC1)c1cccc(OCc2ccccc2)c1. The predicted octanol–water partition coefficient (Wildman–Crippen LogP) is 5.57. The Morgan fingerprint density at radius 1 is 0.758 bits per heavy atom. The molecule has 0 aliphatic carbocycles. The molecule has 1 fully saturated rings. The van der Waals surface area contributed by atoms with Gasteiger partial charge in [-0.25, -0.2) is 0 Å². The van der Waals surface area contributed by atoms with E-state index in [9.17, 15) is 0 Å². The lowest BCUT2D eigenvalue weighted by Crippen LogP contribution is -2.43. The fourth-order valence-corrected chi connectivity index (χ4v) is 4.26. The maximum absolute atomic E-state index is 5.94. The zero-order valence-corrected chi connectivity index (χ0v) is 18.8. The third-order valence-corrected chi connectivity index (χ3v) is 6.10. The van der Waals surface area contributed by atoms with Crippen LogP contribution in [0.1, 0.15) is 16.7 Å². The van der Waals surface area contributed by atoms with E-state index in [4.69, 9.17) is 9.84 Å². The van der Waals surface area contributed by atoms with Gasteiger partial charge in [0.25, 0.3) is 0 Å². The first-order chi connectivity index (χ1) is 16.3. The Balaban J connectivity index is 1.14. The van der Waals surface area contributed by atoms with Crippen LogP contribution < -0.4 is 4.74 Å². The molecule has 0 aromatic heterocycles. The number of rotatable bonds is 7. The van der Waals surface area contributed by atoms with Gasteiger partial charge in [-0.3, -0.25) is 9.91 Å². The predicted molar refractivity (Wildman–Crippen MR) is 136 cm³/mol. The van der Waals surface area contributed by atoms with Gasteiger partial charge in [0.05, 0.1) is 6.21 Å². The van der Waals surface area contributed by atoms with Crippen molar-refractivity contribution < 1.29 is 4.74 Å². The minimum Gasteiger partial charge on any atom is -0.489 e. The third-order valence-electron chi connectivity index (χ3n) is 6.10. The van der Waals surface area contributed by atoms with Crippen molar-refractivity contribution in [3.8, 4) is 5.75 Å². The van der Waals surface area contributed by atoms with Crippen LogP contribution in [0.2, 0.25) is 0 Å². The first-order valence-electron chi connectivity index (χ1n) is 11.6. The minimum absolute atomic E-state index is 0.570. The molecule has 1 aliphatic heterocycles. The normalized spacial score (nSPS) is 14.7. The molecule has 0 unspecified atom stereocenters. The Hall–Kier alpha value is -3.63.